The minimum atomic E-state index is -0.249. The molecule has 0 unspecified atom stereocenters. The molecule has 1 aromatic heterocycles. The number of benzene rings is 1. The van der Waals surface area contributed by atoms with Crippen molar-refractivity contribution in [2.45, 2.75) is 26.8 Å². The van der Waals surface area contributed by atoms with Crippen LogP contribution in [-0.4, -0.2) is 16.3 Å². The van der Waals surface area contributed by atoms with Crippen LogP contribution >= 0.6 is 15.9 Å². The molecule has 2 aromatic rings. The van der Waals surface area contributed by atoms with Gasteiger partial charge in [0.05, 0.1) is 16.7 Å². The monoisotopic (exact) mass is 325 g/mol. The molecule has 1 heterocycles. The van der Waals surface area contributed by atoms with E-state index in [-0.39, 0.29) is 5.82 Å². The van der Waals surface area contributed by atoms with Crippen molar-refractivity contribution >= 4 is 15.9 Å². The van der Waals surface area contributed by atoms with Crippen LogP contribution in [0.1, 0.15) is 22.5 Å². The summed E-state index contributed by atoms with van der Waals surface area (Å²) in [6, 6.07) is 5.03. The van der Waals surface area contributed by atoms with E-state index in [0.29, 0.717) is 17.6 Å². The zero-order valence-corrected chi connectivity index (χ0v) is 12.7. The molecule has 0 saturated carbocycles. The lowest BCUT2D eigenvalue weighted by molar-refractivity contribution is 0.616. The van der Waals surface area contributed by atoms with Crippen LogP contribution in [0.2, 0.25) is 0 Å². The zero-order chi connectivity index (χ0) is 14.0. The van der Waals surface area contributed by atoms with Crippen LogP contribution in [-0.2, 0) is 13.0 Å². The summed E-state index contributed by atoms with van der Waals surface area (Å²) in [4.78, 5) is 0. The van der Waals surface area contributed by atoms with Crippen LogP contribution in [0.5, 0.6) is 0 Å². The Morgan fingerprint density at radius 1 is 1.37 bits per heavy atom. The molecule has 3 nitrogen and oxygen atoms in total. The molecule has 0 fully saturated rings. The van der Waals surface area contributed by atoms with Crippen LogP contribution in [0, 0.1) is 19.7 Å². The van der Waals surface area contributed by atoms with Crippen molar-refractivity contribution in [1.29, 1.82) is 0 Å². The third kappa shape index (κ3) is 3.04. The average molecular weight is 326 g/mol. The second-order valence-corrected chi connectivity index (χ2v) is 5.45. The minimum Gasteiger partial charge on any atom is -0.330 e. The van der Waals surface area contributed by atoms with Crippen LogP contribution in [0.4, 0.5) is 4.39 Å². The van der Waals surface area contributed by atoms with Gasteiger partial charge in [-0.1, -0.05) is 6.07 Å². The Balaban J connectivity index is 2.28. The van der Waals surface area contributed by atoms with Crippen molar-refractivity contribution in [2.75, 3.05) is 6.54 Å². The van der Waals surface area contributed by atoms with Gasteiger partial charge in [-0.25, -0.2) is 4.39 Å². The van der Waals surface area contributed by atoms with Crippen LogP contribution in [0.3, 0.4) is 0 Å². The van der Waals surface area contributed by atoms with Gasteiger partial charge in [-0.2, -0.15) is 5.10 Å². The highest BCUT2D eigenvalue weighted by molar-refractivity contribution is 9.10. The molecule has 102 valence electrons. The number of hydrogen-bond donors (Lipinski definition) is 1. The standard InChI is InChI=1S/C14H17BrFN3/c1-9-12(5-6-17)10(2)19(18-9)8-11-3-4-14(16)13(15)7-11/h3-4,7H,5-6,8,17H2,1-2H3. The maximum atomic E-state index is 13.2. The fraction of sp³-hybridized carbons (Fsp3) is 0.357. The Morgan fingerprint density at radius 3 is 2.74 bits per heavy atom. The van der Waals surface area contributed by atoms with Gasteiger partial charge in [0.25, 0.3) is 0 Å². The second-order valence-electron chi connectivity index (χ2n) is 4.59. The maximum Gasteiger partial charge on any atom is 0.137 e. The van der Waals surface area contributed by atoms with Crippen LogP contribution in [0.15, 0.2) is 22.7 Å². The third-order valence-corrected chi connectivity index (χ3v) is 3.85. The minimum absolute atomic E-state index is 0.249. The van der Waals surface area contributed by atoms with Gasteiger partial charge in [0.1, 0.15) is 5.82 Å². The van der Waals surface area contributed by atoms with Gasteiger partial charge in [0.2, 0.25) is 0 Å². The van der Waals surface area contributed by atoms with Gasteiger partial charge in [0, 0.05) is 5.69 Å². The van der Waals surface area contributed by atoms with Crippen molar-refractivity contribution < 1.29 is 4.39 Å². The van der Waals surface area contributed by atoms with Gasteiger partial charge in [-0.05, 0) is 66.0 Å². The van der Waals surface area contributed by atoms with Crippen molar-refractivity contribution in [3.05, 3.63) is 51.0 Å². The molecule has 0 aliphatic heterocycles. The fourth-order valence-corrected chi connectivity index (χ4v) is 2.63. The van der Waals surface area contributed by atoms with Gasteiger partial charge < -0.3 is 5.73 Å². The molecule has 2 N–H and O–H groups in total. The summed E-state index contributed by atoms with van der Waals surface area (Å²) in [6.07, 6.45) is 0.838. The highest BCUT2D eigenvalue weighted by atomic mass is 79.9. The number of aromatic nitrogens is 2. The zero-order valence-electron chi connectivity index (χ0n) is 11.1. The van der Waals surface area contributed by atoms with Crippen LogP contribution in [0.25, 0.3) is 0 Å². The smallest absolute Gasteiger partial charge is 0.137 e. The Morgan fingerprint density at radius 2 is 2.11 bits per heavy atom. The Hall–Kier alpha value is -1.20. The normalized spacial score (nSPS) is 11.0. The third-order valence-electron chi connectivity index (χ3n) is 3.24. The summed E-state index contributed by atoms with van der Waals surface area (Å²) in [5.74, 6) is -0.249. The predicted octanol–water partition coefficient (Wildman–Crippen LogP) is 2.95. The molecule has 0 radical (unpaired) electrons. The Bertz CT molecular complexity index is 593. The lowest BCUT2D eigenvalue weighted by Crippen LogP contribution is -2.06. The van der Waals surface area contributed by atoms with Gasteiger partial charge in [-0.3, -0.25) is 4.68 Å². The summed E-state index contributed by atoms with van der Waals surface area (Å²) >= 11 is 3.20. The number of halogens is 2. The van der Waals surface area contributed by atoms with E-state index >= 15 is 0 Å². The first-order chi connectivity index (χ1) is 9.02. The van der Waals surface area contributed by atoms with E-state index < -0.39 is 0 Å². The molecule has 0 aliphatic rings. The topological polar surface area (TPSA) is 43.8 Å². The number of nitrogens with two attached hydrogens (primary N) is 1. The van der Waals surface area contributed by atoms with E-state index in [4.69, 9.17) is 5.73 Å². The number of nitrogens with zero attached hydrogens (tertiary/aromatic N) is 2. The molecule has 0 aliphatic carbocycles. The number of hydrogen-bond acceptors (Lipinski definition) is 2. The van der Waals surface area contributed by atoms with E-state index in [1.807, 2.05) is 18.5 Å². The van der Waals surface area contributed by atoms with Crippen molar-refractivity contribution in [1.82, 2.24) is 9.78 Å². The van der Waals surface area contributed by atoms with Crippen molar-refractivity contribution in [2.24, 2.45) is 5.73 Å². The maximum absolute atomic E-state index is 13.2. The van der Waals surface area contributed by atoms with E-state index in [2.05, 4.69) is 21.0 Å². The quantitative estimate of drug-likeness (QED) is 0.939. The summed E-state index contributed by atoms with van der Waals surface area (Å²) in [5.41, 5.74) is 9.98. The summed E-state index contributed by atoms with van der Waals surface area (Å²) < 4.78 is 15.6. The average Bonchev–Trinajstić information content (AvgIpc) is 2.62. The highest BCUT2D eigenvalue weighted by Crippen LogP contribution is 2.19. The molecule has 19 heavy (non-hydrogen) atoms. The number of aryl methyl sites for hydroxylation is 1. The first-order valence-electron chi connectivity index (χ1n) is 6.19. The van der Waals surface area contributed by atoms with E-state index in [1.54, 1.807) is 12.1 Å². The van der Waals surface area contributed by atoms with Gasteiger partial charge in [-0.15, -0.1) is 0 Å². The SMILES string of the molecule is Cc1nn(Cc2ccc(F)c(Br)c2)c(C)c1CCN. The largest absolute Gasteiger partial charge is 0.330 e. The molecule has 0 spiro atoms. The molecule has 5 heteroatoms. The van der Waals surface area contributed by atoms with E-state index in [1.165, 1.54) is 11.6 Å². The lowest BCUT2D eigenvalue weighted by Gasteiger charge is -2.06. The summed E-state index contributed by atoms with van der Waals surface area (Å²) in [6.45, 7) is 5.30. The van der Waals surface area contributed by atoms with Crippen LogP contribution < -0.4 is 5.73 Å². The fourth-order valence-electron chi connectivity index (χ4n) is 2.21. The number of rotatable bonds is 4. The molecule has 0 bridgehead atoms. The predicted molar refractivity (Wildman–Crippen MR) is 77.7 cm³/mol. The van der Waals surface area contributed by atoms with E-state index in [9.17, 15) is 4.39 Å². The lowest BCUT2D eigenvalue weighted by atomic mass is 10.1. The second kappa shape index (κ2) is 5.84. The summed E-state index contributed by atoms with van der Waals surface area (Å²) in [5, 5.41) is 4.53. The van der Waals surface area contributed by atoms with E-state index in [0.717, 1.165) is 23.4 Å². The molecule has 0 amide bonds. The van der Waals surface area contributed by atoms with Crippen molar-refractivity contribution in [3.63, 3.8) is 0 Å². The Labute approximate surface area is 120 Å². The first kappa shape index (κ1) is 14.2. The summed E-state index contributed by atoms with van der Waals surface area (Å²) in [7, 11) is 0. The Kier molecular flexibility index (Phi) is 4.37. The van der Waals surface area contributed by atoms with Gasteiger partial charge >= 0.3 is 0 Å². The molecule has 0 saturated heterocycles. The first-order valence-corrected chi connectivity index (χ1v) is 6.99. The molecule has 0 atom stereocenters. The molecular weight excluding hydrogens is 309 g/mol. The van der Waals surface area contributed by atoms with Gasteiger partial charge in [0.15, 0.2) is 0 Å². The molecule has 2 rings (SSSR count). The van der Waals surface area contributed by atoms with Crippen molar-refractivity contribution in [3.8, 4) is 0 Å². The highest BCUT2D eigenvalue weighted by Gasteiger charge is 2.11. The molecule has 1 aromatic carbocycles. The molecular formula is C14H17BrFN3.